The SMILES string of the molecule is CCc1ccccc1NC(=O)c1ccn2c(C)nnc2c1. The number of hydrogen-bond acceptors (Lipinski definition) is 3. The normalized spacial score (nSPS) is 10.8. The van der Waals surface area contributed by atoms with Gasteiger partial charge in [-0.3, -0.25) is 9.20 Å². The number of hydrogen-bond donors (Lipinski definition) is 1. The van der Waals surface area contributed by atoms with Crippen LogP contribution in [0, 0.1) is 6.92 Å². The topological polar surface area (TPSA) is 59.3 Å². The van der Waals surface area contributed by atoms with Crippen LogP contribution in [0.1, 0.15) is 28.7 Å². The summed E-state index contributed by atoms with van der Waals surface area (Å²) in [5.74, 6) is 0.660. The summed E-state index contributed by atoms with van der Waals surface area (Å²) in [6, 6.07) is 11.3. The fourth-order valence-electron chi connectivity index (χ4n) is 2.30. The summed E-state index contributed by atoms with van der Waals surface area (Å²) < 4.78 is 1.84. The number of para-hydroxylation sites is 1. The number of amides is 1. The highest BCUT2D eigenvalue weighted by molar-refractivity contribution is 6.05. The summed E-state index contributed by atoms with van der Waals surface area (Å²) in [5, 5.41) is 11.0. The number of aryl methyl sites for hydroxylation is 2. The van der Waals surface area contributed by atoms with E-state index in [0.717, 1.165) is 23.5 Å². The molecule has 0 bridgehead atoms. The lowest BCUT2D eigenvalue weighted by molar-refractivity contribution is 0.102. The zero-order valence-electron chi connectivity index (χ0n) is 12.0. The van der Waals surface area contributed by atoms with Gasteiger partial charge in [0, 0.05) is 17.4 Å². The summed E-state index contributed by atoms with van der Waals surface area (Å²) in [4.78, 5) is 12.4. The first-order valence-corrected chi connectivity index (χ1v) is 6.89. The fourth-order valence-corrected chi connectivity index (χ4v) is 2.30. The minimum Gasteiger partial charge on any atom is -0.322 e. The Bertz CT molecular complexity index is 807. The van der Waals surface area contributed by atoms with Crippen molar-refractivity contribution < 1.29 is 4.79 Å². The smallest absolute Gasteiger partial charge is 0.255 e. The van der Waals surface area contributed by atoms with E-state index in [1.807, 2.05) is 41.8 Å². The molecule has 0 spiro atoms. The van der Waals surface area contributed by atoms with Crippen LogP contribution in [-0.2, 0) is 6.42 Å². The molecule has 3 aromatic rings. The van der Waals surface area contributed by atoms with E-state index in [1.54, 1.807) is 12.1 Å². The third-order valence-electron chi connectivity index (χ3n) is 3.49. The predicted molar refractivity (Wildman–Crippen MR) is 81.5 cm³/mol. The molecule has 1 N–H and O–H groups in total. The maximum Gasteiger partial charge on any atom is 0.255 e. The number of nitrogens with zero attached hydrogens (tertiary/aromatic N) is 3. The number of rotatable bonds is 3. The number of aromatic nitrogens is 3. The third-order valence-corrected chi connectivity index (χ3v) is 3.49. The first kappa shape index (κ1) is 13.3. The minimum absolute atomic E-state index is 0.140. The third kappa shape index (κ3) is 2.50. The van der Waals surface area contributed by atoms with Gasteiger partial charge in [0.2, 0.25) is 0 Å². The van der Waals surface area contributed by atoms with Gasteiger partial charge in [0.25, 0.3) is 5.91 Å². The van der Waals surface area contributed by atoms with E-state index >= 15 is 0 Å². The number of carbonyl (C=O) groups is 1. The number of nitrogens with one attached hydrogen (secondary N) is 1. The molecule has 0 aliphatic heterocycles. The molecule has 0 unspecified atom stereocenters. The Kier molecular flexibility index (Phi) is 3.39. The Balaban J connectivity index is 1.90. The monoisotopic (exact) mass is 280 g/mol. The highest BCUT2D eigenvalue weighted by Crippen LogP contribution is 2.17. The molecule has 1 aromatic carbocycles. The average Bonchev–Trinajstić information content (AvgIpc) is 2.88. The summed E-state index contributed by atoms with van der Waals surface area (Å²) in [6.07, 6.45) is 2.68. The molecule has 0 atom stereocenters. The van der Waals surface area contributed by atoms with Crippen molar-refractivity contribution in [2.75, 3.05) is 5.32 Å². The number of pyridine rings is 1. The summed E-state index contributed by atoms with van der Waals surface area (Å²) in [7, 11) is 0. The van der Waals surface area contributed by atoms with E-state index in [4.69, 9.17) is 0 Å². The van der Waals surface area contributed by atoms with Gasteiger partial charge >= 0.3 is 0 Å². The van der Waals surface area contributed by atoms with Crippen LogP contribution in [0.15, 0.2) is 42.6 Å². The molecule has 0 aliphatic carbocycles. The van der Waals surface area contributed by atoms with E-state index < -0.39 is 0 Å². The quantitative estimate of drug-likeness (QED) is 0.802. The van der Waals surface area contributed by atoms with Gasteiger partial charge < -0.3 is 5.32 Å². The van der Waals surface area contributed by atoms with Crippen molar-refractivity contribution in [2.45, 2.75) is 20.3 Å². The van der Waals surface area contributed by atoms with Crippen LogP contribution in [-0.4, -0.2) is 20.5 Å². The largest absolute Gasteiger partial charge is 0.322 e. The van der Waals surface area contributed by atoms with Crippen LogP contribution >= 0.6 is 0 Å². The first-order chi connectivity index (χ1) is 10.2. The molecular formula is C16H16N4O. The summed E-state index contributed by atoms with van der Waals surface area (Å²) in [5.41, 5.74) is 3.21. The van der Waals surface area contributed by atoms with Crippen LogP contribution in [0.4, 0.5) is 5.69 Å². The zero-order valence-corrected chi connectivity index (χ0v) is 12.0. The lowest BCUT2D eigenvalue weighted by atomic mass is 10.1. The van der Waals surface area contributed by atoms with Gasteiger partial charge in [-0.15, -0.1) is 10.2 Å². The lowest BCUT2D eigenvalue weighted by Gasteiger charge is -2.09. The second-order valence-corrected chi connectivity index (χ2v) is 4.86. The molecule has 21 heavy (non-hydrogen) atoms. The van der Waals surface area contributed by atoms with Crippen molar-refractivity contribution in [3.63, 3.8) is 0 Å². The van der Waals surface area contributed by atoms with E-state index in [-0.39, 0.29) is 5.91 Å². The Morgan fingerprint density at radius 3 is 2.86 bits per heavy atom. The molecule has 5 nitrogen and oxygen atoms in total. The van der Waals surface area contributed by atoms with Crippen molar-refractivity contribution in [2.24, 2.45) is 0 Å². The van der Waals surface area contributed by atoms with Gasteiger partial charge in [0.15, 0.2) is 5.65 Å². The standard InChI is InChI=1S/C16H16N4O/c1-3-12-6-4-5-7-14(12)17-16(21)13-8-9-20-11(2)18-19-15(20)10-13/h4-10H,3H2,1-2H3,(H,17,21). The molecular weight excluding hydrogens is 264 g/mol. The minimum atomic E-state index is -0.140. The molecule has 5 heteroatoms. The van der Waals surface area contributed by atoms with E-state index in [0.29, 0.717) is 11.2 Å². The molecule has 1 amide bonds. The average molecular weight is 280 g/mol. The van der Waals surface area contributed by atoms with Crippen LogP contribution in [0.5, 0.6) is 0 Å². The Morgan fingerprint density at radius 1 is 1.24 bits per heavy atom. The van der Waals surface area contributed by atoms with E-state index in [2.05, 4.69) is 22.4 Å². The molecule has 2 aromatic heterocycles. The highest BCUT2D eigenvalue weighted by Gasteiger charge is 2.10. The van der Waals surface area contributed by atoms with Crippen LogP contribution < -0.4 is 5.32 Å². The second-order valence-electron chi connectivity index (χ2n) is 4.86. The maximum atomic E-state index is 12.4. The van der Waals surface area contributed by atoms with Crippen molar-refractivity contribution in [1.29, 1.82) is 0 Å². The molecule has 0 radical (unpaired) electrons. The van der Waals surface area contributed by atoms with Gasteiger partial charge in [-0.05, 0) is 37.1 Å². The summed E-state index contributed by atoms with van der Waals surface area (Å²) in [6.45, 7) is 3.94. The molecule has 3 rings (SSSR count). The van der Waals surface area contributed by atoms with Gasteiger partial charge in [0.05, 0.1) is 0 Å². The summed E-state index contributed by atoms with van der Waals surface area (Å²) >= 11 is 0. The molecule has 0 saturated heterocycles. The predicted octanol–water partition coefficient (Wildman–Crippen LogP) is 2.85. The fraction of sp³-hybridized carbons (Fsp3) is 0.188. The highest BCUT2D eigenvalue weighted by atomic mass is 16.1. The molecule has 0 fully saturated rings. The Morgan fingerprint density at radius 2 is 2.05 bits per heavy atom. The Labute approximate surface area is 122 Å². The van der Waals surface area contributed by atoms with Crippen molar-refractivity contribution in [3.05, 3.63) is 59.5 Å². The molecule has 0 aliphatic rings. The number of carbonyl (C=O) groups excluding carboxylic acids is 1. The van der Waals surface area contributed by atoms with Crippen molar-refractivity contribution >= 4 is 17.2 Å². The number of fused-ring (bicyclic) bond motifs is 1. The number of benzene rings is 1. The maximum absolute atomic E-state index is 12.4. The zero-order chi connectivity index (χ0) is 14.8. The van der Waals surface area contributed by atoms with Crippen LogP contribution in [0.25, 0.3) is 5.65 Å². The Hall–Kier alpha value is -2.69. The van der Waals surface area contributed by atoms with Gasteiger partial charge in [-0.25, -0.2) is 0 Å². The van der Waals surface area contributed by atoms with Gasteiger partial charge in [-0.1, -0.05) is 25.1 Å². The van der Waals surface area contributed by atoms with Crippen molar-refractivity contribution in [3.8, 4) is 0 Å². The molecule has 2 heterocycles. The molecule has 106 valence electrons. The van der Waals surface area contributed by atoms with Gasteiger partial charge in [-0.2, -0.15) is 0 Å². The second kappa shape index (κ2) is 5.36. The van der Waals surface area contributed by atoms with Crippen LogP contribution in [0.3, 0.4) is 0 Å². The van der Waals surface area contributed by atoms with Crippen molar-refractivity contribution in [1.82, 2.24) is 14.6 Å². The lowest BCUT2D eigenvalue weighted by Crippen LogP contribution is -2.13. The van der Waals surface area contributed by atoms with E-state index in [9.17, 15) is 4.79 Å². The number of anilines is 1. The van der Waals surface area contributed by atoms with E-state index in [1.165, 1.54) is 0 Å². The molecule has 0 saturated carbocycles. The van der Waals surface area contributed by atoms with Crippen LogP contribution in [0.2, 0.25) is 0 Å². The first-order valence-electron chi connectivity index (χ1n) is 6.89. The van der Waals surface area contributed by atoms with Gasteiger partial charge in [0.1, 0.15) is 5.82 Å².